The third-order valence-electron chi connectivity index (χ3n) is 4.29. The fourth-order valence-corrected chi connectivity index (χ4v) is 3.04. The number of nitro groups is 1. The number of carbonyl (C=O) groups excluding carboxylic acids is 1. The fraction of sp³-hybridized carbons (Fsp3) is 0.316. The highest BCUT2D eigenvalue weighted by Gasteiger charge is 2.28. The first-order chi connectivity index (χ1) is 13.0. The predicted octanol–water partition coefficient (Wildman–Crippen LogP) is 3.26. The van der Waals surface area contributed by atoms with Gasteiger partial charge in [-0.1, -0.05) is 18.2 Å². The van der Waals surface area contributed by atoms with Crippen molar-refractivity contribution in [3.63, 3.8) is 0 Å². The molecule has 1 heterocycles. The molecule has 1 atom stereocenters. The van der Waals surface area contributed by atoms with Crippen LogP contribution in [-0.4, -0.2) is 31.2 Å². The first-order valence-electron chi connectivity index (χ1n) is 8.57. The summed E-state index contributed by atoms with van der Waals surface area (Å²) in [6, 6.07) is 9.67. The summed E-state index contributed by atoms with van der Waals surface area (Å²) in [5.74, 6) is 0.636. The number of nitro benzene ring substituents is 1. The number of hydrogen-bond acceptors (Lipinski definition) is 6. The molecule has 0 aromatic heterocycles. The van der Waals surface area contributed by atoms with E-state index in [9.17, 15) is 14.9 Å². The van der Waals surface area contributed by atoms with Crippen molar-refractivity contribution in [1.29, 1.82) is 0 Å². The molecule has 0 saturated heterocycles. The van der Waals surface area contributed by atoms with Gasteiger partial charge < -0.3 is 19.5 Å². The summed E-state index contributed by atoms with van der Waals surface area (Å²) in [6.45, 7) is 2.53. The number of amides is 1. The van der Waals surface area contributed by atoms with E-state index in [1.54, 1.807) is 6.92 Å². The molecule has 2 aromatic carbocycles. The normalized spacial score (nSPS) is 15.3. The van der Waals surface area contributed by atoms with Crippen molar-refractivity contribution >= 4 is 11.6 Å². The first-order valence-corrected chi connectivity index (χ1v) is 8.57. The van der Waals surface area contributed by atoms with Gasteiger partial charge in [0, 0.05) is 18.1 Å². The zero-order chi connectivity index (χ0) is 19.4. The predicted molar refractivity (Wildman–Crippen MR) is 97.6 cm³/mol. The van der Waals surface area contributed by atoms with Gasteiger partial charge in [0.1, 0.15) is 11.3 Å². The van der Waals surface area contributed by atoms with Gasteiger partial charge in [-0.05, 0) is 13.0 Å². The van der Waals surface area contributed by atoms with E-state index < -0.39 is 10.8 Å². The molecule has 8 heteroatoms. The number of rotatable bonds is 6. The highest BCUT2D eigenvalue weighted by Crippen LogP contribution is 2.36. The first kappa shape index (κ1) is 18.5. The zero-order valence-electron chi connectivity index (χ0n) is 15.1. The summed E-state index contributed by atoms with van der Waals surface area (Å²) in [4.78, 5) is 23.7. The Morgan fingerprint density at radius 3 is 2.81 bits per heavy atom. The molecule has 1 N–H and O–H groups in total. The lowest BCUT2D eigenvalue weighted by atomic mass is 10.00. The quantitative estimate of drug-likeness (QED) is 0.617. The number of ether oxygens (including phenoxy) is 3. The van der Waals surface area contributed by atoms with Gasteiger partial charge in [-0.15, -0.1) is 0 Å². The van der Waals surface area contributed by atoms with Crippen molar-refractivity contribution in [2.24, 2.45) is 0 Å². The van der Waals surface area contributed by atoms with E-state index in [1.807, 2.05) is 24.3 Å². The molecule has 1 aliphatic heterocycles. The Kier molecular flexibility index (Phi) is 5.44. The molecule has 0 fully saturated rings. The van der Waals surface area contributed by atoms with Crippen LogP contribution in [0.2, 0.25) is 0 Å². The van der Waals surface area contributed by atoms with Crippen molar-refractivity contribution in [2.45, 2.75) is 19.4 Å². The van der Waals surface area contributed by atoms with E-state index in [2.05, 4.69) is 5.32 Å². The van der Waals surface area contributed by atoms with E-state index >= 15 is 0 Å². The number of hydrogen-bond donors (Lipinski definition) is 1. The van der Waals surface area contributed by atoms with Crippen molar-refractivity contribution in [3.8, 4) is 17.2 Å². The maximum Gasteiger partial charge on any atom is 0.286 e. The third kappa shape index (κ3) is 3.79. The molecule has 0 spiro atoms. The lowest BCUT2D eigenvalue weighted by Gasteiger charge is -2.26. The molecule has 0 bridgehead atoms. The second-order valence-corrected chi connectivity index (χ2v) is 5.91. The van der Waals surface area contributed by atoms with Crippen LogP contribution in [0.1, 0.15) is 35.3 Å². The minimum atomic E-state index is -0.602. The Labute approximate surface area is 156 Å². The summed E-state index contributed by atoms with van der Waals surface area (Å²) >= 11 is 0. The molecule has 0 saturated carbocycles. The Morgan fingerprint density at radius 2 is 2.11 bits per heavy atom. The van der Waals surface area contributed by atoms with Gasteiger partial charge in [-0.3, -0.25) is 14.9 Å². The summed E-state index contributed by atoms with van der Waals surface area (Å²) in [5.41, 5.74) is 0.430. The molecule has 27 heavy (non-hydrogen) atoms. The maximum atomic E-state index is 12.8. The Hall–Kier alpha value is -3.29. The number of para-hydroxylation sites is 1. The molecular formula is C19H20N2O6. The van der Waals surface area contributed by atoms with Crippen molar-refractivity contribution in [1.82, 2.24) is 5.32 Å². The van der Waals surface area contributed by atoms with E-state index in [4.69, 9.17) is 14.2 Å². The highest BCUT2D eigenvalue weighted by atomic mass is 16.6. The number of methoxy groups -OCH3 is 1. The van der Waals surface area contributed by atoms with E-state index in [0.29, 0.717) is 25.4 Å². The van der Waals surface area contributed by atoms with Crippen LogP contribution in [-0.2, 0) is 0 Å². The van der Waals surface area contributed by atoms with Gasteiger partial charge in [0.05, 0.1) is 37.4 Å². The third-order valence-corrected chi connectivity index (χ3v) is 4.29. The van der Waals surface area contributed by atoms with Crippen LogP contribution in [0.15, 0.2) is 36.4 Å². The maximum absolute atomic E-state index is 12.8. The van der Waals surface area contributed by atoms with Crippen LogP contribution in [0.25, 0.3) is 0 Å². The minimum Gasteiger partial charge on any atom is -0.493 e. The SMILES string of the molecule is CCOc1cc([N+](=O)[O-])c(C(=O)N[C@H]2CCOc3ccccc32)cc1OC. The number of carbonyl (C=O) groups is 1. The van der Waals surface area contributed by atoms with Crippen molar-refractivity contribution < 1.29 is 23.9 Å². The van der Waals surface area contributed by atoms with Gasteiger partial charge >= 0.3 is 0 Å². The number of fused-ring (bicyclic) bond motifs is 1. The molecule has 0 aliphatic carbocycles. The van der Waals surface area contributed by atoms with Crippen molar-refractivity contribution in [2.75, 3.05) is 20.3 Å². The van der Waals surface area contributed by atoms with Crippen LogP contribution >= 0.6 is 0 Å². The zero-order valence-corrected chi connectivity index (χ0v) is 15.1. The second-order valence-electron chi connectivity index (χ2n) is 5.91. The summed E-state index contributed by atoms with van der Waals surface area (Å²) in [7, 11) is 1.42. The number of nitrogens with one attached hydrogen (secondary N) is 1. The van der Waals surface area contributed by atoms with Crippen LogP contribution in [0, 0.1) is 10.1 Å². The van der Waals surface area contributed by atoms with E-state index in [1.165, 1.54) is 19.2 Å². The Morgan fingerprint density at radius 1 is 1.33 bits per heavy atom. The molecule has 1 aliphatic rings. The van der Waals surface area contributed by atoms with Gasteiger partial charge in [0.2, 0.25) is 0 Å². The monoisotopic (exact) mass is 372 g/mol. The molecule has 3 rings (SSSR count). The second kappa shape index (κ2) is 7.94. The number of benzene rings is 2. The molecule has 0 radical (unpaired) electrons. The molecule has 2 aromatic rings. The standard InChI is InChI=1S/C19H20N2O6/c1-3-26-18-11-15(21(23)24)13(10-17(18)25-2)19(22)20-14-8-9-27-16-7-5-4-6-12(14)16/h4-7,10-11,14H,3,8-9H2,1-2H3,(H,20,22)/t14-/m0/s1. The Bertz CT molecular complexity index is 867. The highest BCUT2D eigenvalue weighted by molar-refractivity contribution is 5.99. The van der Waals surface area contributed by atoms with E-state index in [0.717, 1.165) is 5.56 Å². The van der Waals surface area contributed by atoms with Gasteiger partial charge in [-0.25, -0.2) is 0 Å². The summed E-state index contributed by atoms with van der Waals surface area (Å²) in [6.07, 6.45) is 0.574. The van der Waals surface area contributed by atoms with Crippen LogP contribution < -0.4 is 19.5 Å². The van der Waals surface area contributed by atoms with Gasteiger partial charge in [0.25, 0.3) is 11.6 Å². The topological polar surface area (TPSA) is 99.9 Å². The number of nitrogens with zero attached hydrogens (tertiary/aromatic N) is 1. The summed E-state index contributed by atoms with van der Waals surface area (Å²) in [5, 5.41) is 14.4. The average molecular weight is 372 g/mol. The lowest BCUT2D eigenvalue weighted by Crippen LogP contribution is -2.32. The molecular weight excluding hydrogens is 352 g/mol. The molecule has 142 valence electrons. The van der Waals surface area contributed by atoms with Gasteiger partial charge in [0.15, 0.2) is 11.5 Å². The Balaban J connectivity index is 1.94. The van der Waals surface area contributed by atoms with Crippen LogP contribution in [0.3, 0.4) is 0 Å². The smallest absolute Gasteiger partial charge is 0.286 e. The largest absolute Gasteiger partial charge is 0.493 e. The van der Waals surface area contributed by atoms with E-state index in [-0.39, 0.29) is 28.8 Å². The van der Waals surface area contributed by atoms with Crippen molar-refractivity contribution in [3.05, 3.63) is 57.6 Å². The average Bonchev–Trinajstić information content (AvgIpc) is 2.68. The van der Waals surface area contributed by atoms with Gasteiger partial charge in [-0.2, -0.15) is 0 Å². The van der Waals surface area contributed by atoms with Crippen LogP contribution in [0.4, 0.5) is 5.69 Å². The summed E-state index contributed by atoms with van der Waals surface area (Å²) < 4.78 is 16.2. The molecule has 1 amide bonds. The minimum absolute atomic E-state index is 0.0794. The van der Waals surface area contributed by atoms with Crippen LogP contribution in [0.5, 0.6) is 17.2 Å². The fourth-order valence-electron chi connectivity index (χ4n) is 3.04. The lowest BCUT2D eigenvalue weighted by molar-refractivity contribution is -0.385. The molecule has 8 nitrogen and oxygen atoms in total. The molecule has 0 unspecified atom stereocenters.